The molecule has 64 valence electrons. The average molecular weight is 177 g/mol. The van der Waals surface area contributed by atoms with Crippen molar-refractivity contribution in [2.24, 2.45) is 0 Å². The minimum Gasteiger partial charge on any atom is -0.382 e. The van der Waals surface area contributed by atoms with E-state index in [0.29, 0.717) is 19.7 Å². The predicted molar refractivity (Wildman–Crippen MR) is 50.3 cm³/mol. The molecule has 1 N–H and O–H groups in total. The van der Waals surface area contributed by atoms with E-state index in [1.54, 1.807) is 12.4 Å². The van der Waals surface area contributed by atoms with Gasteiger partial charge >= 0.3 is 0 Å². The number of hydrogen-bond donors (Lipinski definition) is 1. The van der Waals surface area contributed by atoms with Crippen LogP contribution in [0, 0.1) is 0 Å². The minimum absolute atomic E-state index is 0.0619. The minimum atomic E-state index is 0.0619. The molecule has 0 aromatic rings. The van der Waals surface area contributed by atoms with Crippen LogP contribution in [0.4, 0.5) is 0 Å². The number of ether oxygens (including phenoxy) is 2. The topological polar surface area (TPSA) is 30.5 Å². The summed E-state index contributed by atoms with van der Waals surface area (Å²) in [6.07, 6.45) is 0.0619. The molecule has 0 spiro atoms. The maximum absolute atomic E-state index is 7.50. The molecule has 0 aliphatic carbocycles. The summed E-state index contributed by atoms with van der Waals surface area (Å²) in [5.74, 6) is 0. The summed E-state index contributed by atoms with van der Waals surface area (Å²) >= 11 is 0. The van der Waals surface area contributed by atoms with Gasteiger partial charge in [0.1, 0.15) is 1.41 Å². The highest BCUT2D eigenvalue weighted by atomic mass is 31.0. The first kappa shape index (κ1) is 8.00. The monoisotopic (exact) mass is 177 g/mol. The zero-order chi connectivity index (χ0) is 8.97. The van der Waals surface area contributed by atoms with E-state index in [1.807, 2.05) is 0 Å². The van der Waals surface area contributed by atoms with Gasteiger partial charge < -0.3 is 14.8 Å². The molecule has 0 radical (unpaired) electrons. The summed E-state index contributed by atoms with van der Waals surface area (Å²) in [4.78, 5) is 0. The molecule has 1 saturated heterocycles. The van der Waals surface area contributed by atoms with Gasteiger partial charge in [0.25, 0.3) is 0 Å². The number of nitrogens with one attached hydrogen (secondary N) is 1. The second-order valence-electron chi connectivity index (χ2n) is 2.66. The third-order valence-corrected chi connectivity index (χ3v) is 2.19. The second kappa shape index (κ2) is 5.10. The van der Waals surface area contributed by atoms with Crippen LogP contribution in [0.1, 0.15) is 0 Å². The average Bonchev–Trinajstić information content (AvgIpc) is 2.04. The highest BCUT2D eigenvalue weighted by Gasteiger charge is 2.20. The van der Waals surface area contributed by atoms with Crippen molar-refractivity contribution >= 4 is 16.1 Å². The molecule has 0 bridgehead atoms. The van der Waals surface area contributed by atoms with Gasteiger partial charge in [-0.2, -0.15) is 9.12 Å². The quantitative estimate of drug-likeness (QED) is 0.451. The molecule has 1 fully saturated rings. The largest absolute Gasteiger partial charge is 0.382 e. The van der Waals surface area contributed by atoms with Crippen molar-refractivity contribution in [3.05, 3.63) is 0 Å². The summed E-state index contributed by atoms with van der Waals surface area (Å²) in [6.45, 7) is 2.81. The third-order valence-electron chi connectivity index (χ3n) is 1.67. The first-order valence-electron chi connectivity index (χ1n) is 4.29. The number of methoxy groups -OCH3 is 1. The fourth-order valence-corrected chi connectivity index (χ4v) is 1.39. The van der Waals surface area contributed by atoms with E-state index in [-0.39, 0.29) is 12.1 Å². The van der Waals surface area contributed by atoms with E-state index in [2.05, 4.69) is 9.12 Å². The Kier molecular flexibility index (Phi) is 3.70. The molecule has 1 aliphatic rings. The van der Waals surface area contributed by atoms with Gasteiger partial charge in [0.2, 0.25) is 0 Å². The Morgan fingerprint density at radius 3 is 3.36 bits per heavy atom. The molecule has 1 aliphatic heterocycles. The second-order valence-corrected chi connectivity index (χ2v) is 3.13. The molecule has 5 heteroatoms. The fraction of sp³-hybridized carbons (Fsp3) is 1.00. The van der Waals surface area contributed by atoms with Crippen LogP contribution in [0.3, 0.4) is 0 Å². The normalized spacial score (nSPS) is 34.9. The van der Waals surface area contributed by atoms with Gasteiger partial charge in [-0.25, -0.2) is 0 Å². The maximum Gasteiger partial charge on any atom is 0.182 e. The molecular formula is C6H15BNO2P. The van der Waals surface area contributed by atoms with Gasteiger partial charge in [-0.1, -0.05) is 0 Å². The maximum atomic E-state index is 7.50. The molecule has 0 aromatic heterocycles. The first-order valence-corrected chi connectivity index (χ1v) is 4.66. The predicted octanol–water partition coefficient (Wildman–Crippen LogP) is -0.826. The van der Waals surface area contributed by atoms with Gasteiger partial charge in [-0.05, 0) is 0 Å². The summed E-state index contributed by atoms with van der Waals surface area (Å²) in [6, 6.07) is 0.168. The van der Waals surface area contributed by atoms with Crippen LogP contribution in [0.5, 0.6) is 0 Å². The van der Waals surface area contributed by atoms with Crippen molar-refractivity contribution in [2.45, 2.75) is 12.1 Å². The van der Waals surface area contributed by atoms with Gasteiger partial charge in [-0.15, -0.1) is 0 Å². The van der Waals surface area contributed by atoms with Crippen molar-refractivity contribution < 1.29 is 10.9 Å². The van der Waals surface area contributed by atoms with Crippen LogP contribution in [-0.2, 0) is 9.47 Å². The fourth-order valence-electron chi connectivity index (χ4n) is 1.13. The Morgan fingerprint density at radius 1 is 1.91 bits per heavy atom. The van der Waals surface area contributed by atoms with Crippen molar-refractivity contribution in [1.82, 2.24) is 5.31 Å². The van der Waals surface area contributed by atoms with Crippen LogP contribution in [-0.4, -0.2) is 45.9 Å². The summed E-state index contributed by atoms with van der Waals surface area (Å²) in [7, 11) is 4.29. The van der Waals surface area contributed by atoms with Gasteiger partial charge in [0.05, 0.1) is 12.7 Å². The molecule has 1 rings (SSSR count). The van der Waals surface area contributed by atoms with E-state index in [0.717, 1.165) is 7.00 Å². The van der Waals surface area contributed by atoms with Crippen molar-refractivity contribution in [3.8, 4) is 0 Å². The van der Waals surface area contributed by atoms with Crippen molar-refractivity contribution in [2.75, 3.05) is 26.8 Å². The number of hydrogen-bond acceptors (Lipinski definition) is 3. The van der Waals surface area contributed by atoms with E-state index in [1.165, 1.54) is 0 Å². The standard InChI is InChI=1S/C6H15BNO2P/c1-9-4-5-2-8-3-6(7-11)10-5/h5-8H,2-4,11H2,1H3/i/hT. The molecule has 3 nitrogen and oxygen atoms in total. The summed E-state index contributed by atoms with van der Waals surface area (Å²) in [5.41, 5.74) is 0. The molecule has 11 heavy (non-hydrogen) atoms. The molecule has 0 saturated carbocycles. The zero-order valence-electron chi connectivity index (χ0n) is 7.82. The Hall–Kier alpha value is 0.375. The van der Waals surface area contributed by atoms with Crippen LogP contribution in [0.15, 0.2) is 0 Å². The van der Waals surface area contributed by atoms with Gasteiger partial charge in [0.15, 0.2) is 7.00 Å². The van der Waals surface area contributed by atoms with E-state index < -0.39 is 0 Å². The molecule has 0 amide bonds. The molecule has 3 unspecified atom stereocenters. The van der Waals surface area contributed by atoms with Gasteiger partial charge in [-0.3, -0.25) is 0 Å². The molecular weight excluding hydrogens is 160 g/mol. The molecule has 1 heterocycles. The lowest BCUT2D eigenvalue weighted by molar-refractivity contribution is -0.0368. The zero-order valence-corrected chi connectivity index (χ0v) is 7.98. The lowest BCUT2D eigenvalue weighted by Gasteiger charge is -2.29. The number of morpholine rings is 1. The van der Waals surface area contributed by atoms with Crippen LogP contribution < -0.4 is 5.31 Å². The van der Waals surface area contributed by atoms with Gasteiger partial charge in [0, 0.05) is 26.2 Å². The Balaban J connectivity index is 2.34. The van der Waals surface area contributed by atoms with E-state index in [4.69, 9.17) is 10.9 Å². The Labute approximate surface area is 72.1 Å². The third kappa shape index (κ3) is 3.08. The van der Waals surface area contributed by atoms with E-state index in [9.17, 15) is 0 Å². The lowest BCUT2D eigenvalue weighted by atomic mass is 9.96. The summed E-state index contributed by atoms with van der Waals surface area (Å²) < 4.78 is 18.1. The van der Waals surface area contributed by atoms with Crippen molar-refractivity contribution in [1.29, 1.82) is 0 Å². The SMILES string of the molecule is [3H]N1CC(BP)OC(COC)C1. The van der Waals surface area contributed by atoms with Crippen LogP contribution in [0.2, 0.25) is 1.41 Å². The molecule has 3 atom stereocenters. The Bertz CT molecular complexity index is 143. The lowest BCUT2D eigenvalue weighted by Crippen LogP contribution is -2.47. The van der Waals surface area contributed by atoms with E-state index >= 15 is 0 Å². The van der Waals surface area contributed by atoms with Crippen LogP contribution in [0.25, 0.3) is 0 Å². The Morgan fingerprint density at radius 2 is 2.73 bits per heavy atom. The highest BCUT2D eigenvalue weighted by Crippen LogP contribution is 2.04. The summed E-state index contributed by atoms with van der Waals surface area (Å²) in [5, 5.41) is 1.54. The van der Waals surface area contributed by atoms with Crippen LogP contribution >= 0.6 is 9.12 Å². The number of rotatable bonds is 3. The first-order chi connectivity index (χ1) is 5.76. The van der Waals surface area contributed by atoms with Crippen molar-refractivity contribution in [3.63, 3.8) is 0 Å². The smallest absolute Gasteiger partial charge is 0.182 e. The highest BCUT2D eigenvalue weighted by molar-refractivity contribution is 7.56. The molecule has 0 aromatic carbocycles.